The molecule has 0 radical (unpaired) electrons. The molecule has 1 aromatic heterocycles. The number of likely N-dealkylation sites (tertiary alicyclic amines) is 1. The van der Waals surface area contributed by atoms with E-state index in [0.29, 0.717) is 54.5 Å². The molecule has 40 heavy (non-hydrogen) atoms. The van der Waals surface area contributed by atoms with Gasteiger partial charge >= 0.3 is 0 Å². The fourth-order valence-electron chi connectivity index (χ4n) is 6.33. The van der Waals surface area contributed by atoms with Crippen LogP contribution in [0.5, 0.6) is 0 Å². The average molecular weight is 547 g/mol. The number of aromatic nitrogens is 2. The number of carbonyl (C=O) groups is 2. The highest BCUT2D eigenvalue weighted by Gasteiger charge is 2.49. The molecule has 3 aromatic rings. The summed E-state index contributed by atoms with van der Waals surface area (Å²) in [5.74, 6) is -1.06. The zero-order valence-electron chi connectivity index (χ0n) is 22.9. The van der Waals surface area contributed by atoms with Gasteiger partial charge in [0.05, 0.1) is 29.9 Å². The van der Waals surface area contributed by atoms with Crippen molar-refractivity contribution in [2.45, 2.75) is 76.5 Å². The molecule has 3 N–H and O–H groups in total. The van der Waals surface area contributed by atoms with Gasteiger partial charge in [-0.2, -0.15) is 5.10 Å². The molecule has 5 rings (SSSR count). The van der Waals surface area contributed by atoms with Crippen molar-refractivity contribution in [3.05, 3.63) is 98.2 Å². The zero-order chi connectivity index (χ0) is 28.4. The Kier molecular flexibility index (Phi) is 7.85. The largest absolute Gasteiger partial charge is 0.388 e. The highest BCUT2D eigenvalue weighted by molar-refractivity contribution is 5.96. The average Bonchev–Trinajstić information content (AvgIpc) is 3.58. The van der Waals surface area contributed by atoms with E-state index in [1.165, 1.54) is 12.1 Å². The highest BCUT2D eigenvalue weighted by atomic mass is 19.1. The lowest BCUT2D eigenvalue weighted by molar-refractivity contribution is -0.139. The van der Waals surface area contributed by atoms with Crippen molar-refractivity contribution in [3.8, 4) is 0 Å². The predicted octanol–water partition coefficient (Wildman–Crippen LogP) is 3.88. The Bertz CT molecular complexity index is 1480. The molecular formula is C31H35FN4O4. The molecule has 1 aliphatic heterocycles. The van der Waals surface area contributed by atoms with Crippen LogP contribution in [0.15, 0.2) is 53.3 Å². The molecular weight excluding hydrogens is 511 g/mol. The summed E-state index contributed by atoms with van der Waals surface area (Å²) in [6, 6.07) is 12.5. The van der Waals surface area contributed by atoms with Gasteiger partial charge in [0.1, 0.15) is 5.82 Å². The maximum atomic E-state index is 14.1. The number of halogens is 1. The van der Waals surface area contributed by atoms with Gasteiger partial charge < -0.3 is 15.3 Å². The van der Waals surface area contributed by atoms with Gasteiger partial charge in [-0.1, -0.05) is 31.0 Å². The van der Waals surface area contributed by atoms with E-state index in [2.05, 4.69) is 15.5 Å². The van der Waals surface area contributed by atoms with Crippen LogP contribution >= 0.6 is 0 Å². The lowest BCUT2D eigenvalue weighted by atomic mass is 9.90. The van der Waals surface area contributed by atoms with Crippen LogP contribution in [0.1, 0.15) is 82.9 Å². The number of H-pyrrole nitrogens is 1. The number of amides is 2. The second-order valence-electron chi connectivity index (χ2n) is 11.1. The minimum atomic E-state index is -0.968. The van der Waals surface area contributed by atoms with Gasteiger partial charge in [-0.15, -0.1) is 0 Å². The number of nitrogens with one attached hydrogen (secondary N) is 2. The lowest BCUT2D eigenvalue weighted by Gasteiger charge is -2.39. The number of benzene rings is 2. The summed E-state index contributed by atoms with van der Waals surface area (Å²) in [6.45, 7) is 3.45. The van der Waals surface area contributed by atoms with Gasteiger partial charge in [0, 0.05) is 17.5 Å². The smallest absolute Gasteiger partial charge is 0.267 e. The van der Waals surface area contributed by atoms with Crippen molar-refractivity contribution < 1.29 is 19.1 Å². The molecule has 1 aliphatic carbocycles. The van der Waals surface area contributed by atoms with Crippen LogP contribution in [0, 0.1) is 19.7 Å². The van der Waals surface area contributed by atoms with Gasteiger partial charge in [-0.05, 0) is 86.6 Å². The second-order valence-corrected chi connectivity index (χ2v) is 11.1. The molecule has 8 nitrogen and oxygen atoms in total. The molecule has 2 fully saturated rings. The van der Waals surface area contributed by atoms with Crippen molar-refractivity contribution in [1.29, 1.82) is 0 Å². The minimum absolute atomic E-state index is 0.232. The molecule has 0 spiro atoms. The quantitative estimate of drug-likeness (QED) is 0.416. The third-order valence-electron chi connectivity index (χ3n) is 8.39. The van der Waals surface area contributed by atoms with E-state index in [-0.39, 0.29) is 35.9 Å². The normalized spacial score (nSPS) is 20.1. The van der Waals surface area contributed by atoms with Gasteiger partial charge in [0.2, 0.25) is 5.91 Å². The van der Waals surface area contributed by atoms with E-state index in [4.69, 9.17) is 0 Å². The van der Waals surface area contributed by atoms with Gasteiger partial charge in [0.25, 0.3) is 11.5 Å². The Morgan fingerprint density at radius 1 is 1.10 bits per heavy atom. The Balaban J connectivity index is 1.30. The molecule has 9 heteroatoms. The SMILES string of the molecule is Cc1cc(Cc2ccc(C(=O)NCC(=O)N3[C@H](c4cccc(F)c4)CC[C@@H]3C3(O)CCCC3)cc2C)c(=O)[nH]n1. The van der Waals surface area contributed by atoms with Crippen LogP contribution in [0.25, 0.3) is 0 Å². The van der Waals surface area contributed by atoms with E-state index < -0.39 is 11.5 Å². The maximum absolute atomic E-state index is 14.1. The molecule has 0 unspecified atom stereocenters. The molecule has 2 heterocycles. The van der Waals surface area contributed by atoms with Gasteiger partial charge in [-0.3, -0.25) is 14.4 Å². The first-order chi connectivity index (χ1) is 19.1. The molecule has 2 aliphatic rings. The number of hydrogen-bond acceptors (Lipinski definition) is 5. The predicted molar refractivity (Wildman–Crippen MR) is 148 cm³/mol. The first-order valence-electron chi connectivity index (χ1n) is 13.9. The van der Waals surface area contributed by atoms with Crippen molar-refractivity contribution in [1.82, 2.24) is 20.4 Å². The van der Waals surface area contributed by atoms with Crippen molar-refractivity contribution in [2.24, 2.45) is 0 Å². The Morgan fingerprint density at radius 2 is 1.88 bits per heavy atom. The molecule has 0 bridgehead atoms. The summed E-state index contributed by atoms with van der Waals surface area (Å²) < 4.78 is 14.1. The number of hydrogen-bond donors (Lipinski definition) is 3. The standard InChI is InChI=1S/C31H35FN4O4/c1-19-14-23(9-8-21(19)16-24-15-20(2)34-35-30(24)39)29(38)33-18-28(37)36-26(22-6-5-7-25(32)17-22)10-11-27(36)31(40)12-3-4-13-31/h5-9,14-15,17,26-27,40H,3-4,10-13,16,18H2,1-2H3,(H,33,38)(H,35,39)/t26-,27+/m0/s1. The second kappa shape index (κ2) is 11.3. The number of carbonyl (C=O) groups excluding carboxylic acids is 2. The highest BCUT2D eigenvalue weighted by Crippen LogP contribution is 2.45. The molecule has 1 saturated carbocycles. The first kappa shape index (κ1) is 27.7. The molecule has 2 aromatic carbocycles. The third-order valence-corrected chi connectivity index (χ3v) is 8.39. The van der Waals surface area contributed by atoms with E-state index in [1.807, 2.05) is 13.0 Å². The van der Waals surface area contributed by atoms with Crippen LogP contribution in [0.4, 0.5) is 4.39 Å². The van der Waals surface area contributed by atoms with Crippen molar-refractivity contribution in [3.63, 3.8) is 0 Å². The number of aliphatic hydroxyl groups is 1. The summed E-state index contributed by atoms with van der Waals surface area (Å²) in [4.78, 5) is 40.5. The minimum Gasteiger partial charge on any atom is -0.388 e. The summed E-state index contributed by atoms with van der Waals surface area (Å²) in [6.07, 6.45) is 4.71. The van der Waals surface area contributed by atoms with Crippen molar-refractivity contribution in [2.75, 3.05) is 6.54 Å². The summed E-state index contributed by atoms with van der Waals surface area (Å²) >= 11 is 0. The van der Waals surface area contributed by atoms with Crippen molar-refractivity contribution >= 4 is 11.8 Å². The molecule has 2 amide bonds. The Hall–Kier alpha value is -3.85. The molecule has 210 valence electrons. The zero-order valence-corrected chi connectivity index (χ0v) is 22.9. The maximum Gasteiger partial charge on any atom is 0.267 e. The number of nitrogens with zero attached hydrogens (tertiary/aromatic N) is 2. The summed E-state index contributed by atoms with van der Waals surface area (Å²) in [5.41, 5.74) is 2.95. The van der Waals surface area contributed by atoms with E-state index in [9.17, 15) is 23.9 Å². The van der Waals surface area contributed by atoms with Crippen LogP contribution in [0.2, 0.25) is 0 Å². The Morgan fingerprint density at radius 3 is 2.60 bits per heavy atom. The first-order valence-corrected chi connectivity index (χ1v) is 13.9. The van der Waals surface area contributed by atoms with Crippen LogP contribution in [-0.2, 0) is 11.2 Å². The number of aromatic amines is 1. The summed E-state index contributed by atoms with van der Waals surface area (Å²) in [7, 11) is 0. The van der Waals surface area contributed by atoms with Crippen LogP contribution < -0.4 is 10.9 Å². The van der Waals surface area contributed by atoms with E-state index >= 15 is 0 Å². The monoisotopic (exact) mass is 546 g/mol. The fourth-order valence-corrected chi connectivity index (χ4v) is 6.33. The van der Waals surface area contributed by atoms with Crippen LogP contribution in [-0.4, -0.2) is 50.2 Å². The van der Waals surface area contributed by atoms with E-state index in [1.54, 1.807) is 42.2 Å². The Labute approximate surface area is 232 Å². The lowest BCUT2D eigenvalue weighted by Crippen LogP contribution is -2.53. The van der Waals surface area contributed by atoms with E-state index in [0.717, 1.165) is 24.0 Å². The fraction of sp³-hybridized carbons (Fsp3) is 0.419. The molecule has 2 atom stereocenters. The number of aryl methyl sites for hydroxylation is 2. The molecule has 1 saturated heterocycles. The van der Waals surface area contributed by atoms with Crippen LogP contribution in [0.3, 0.4) is 0 Å². The van der Waals surface area contributed by atoms with Gasteiger partial charge in [-0.25, -0.2) is 9.49 Å². The summed E-state index contributed by atoms with van der Waals surface area (Å²) in [5, 5.41) is 20.5. The number of rotatable bonds is 7. The topological polar surface area (TPSA) is 115 Å². The van der Waals surface area contributed by atoms with Gasteiger partial charge in [0.15, 0.2) is 0 Å². The third kappa shape index (κ3) is 5.70.